The zero-order valence-corrected chi connectivity index (χ0v) is 59.0. The predicted octanol–water partition coefficient (Wildman–Crippen LogP) is 0.895. The van der Waals surface area contributed by atoms with E-state index in [4.69, 9.17) is 28.4 Å². The third kappa shape index (κ3) is 50.2. The van der Waals surface area contributed by atoms with E-state index in [2.05, 4.69) is 0 Å². The summed E-state index contributed by atoms with van der Waals surface area (Å²) in [5.74, 6) is -3.47. The number of carbonyl (C=O) groups is 6. The summed E-state index contributed by atoms with van der Waals surface area (Å²) in [6.07, 6.45) is 21.0. The molecule has 26 heteroatoms. The van der Waals surface area contributed by atoms with E-state index in [1.165, 1.54) is 79.1 Å². The van der Waals surface area contributed by atoms with Crippen molar-refractivity contribution in [3.05, 3.63) is 215 Å². The van der Waals surface area contributed by atoms with Crippen molar-refractivity contribution < 1.29 is 189 Å². The Morgan fingerprint density at radius 2 is 0.378 bits per heavy atom. The zero-order valence-electron chi connectivity index (χ0n) is 50.9. The molecule has 0 fully saturated rings. The molecule has 90 heavy (non-hydrogen) atoms. The first-order valence-corrected chi connectivity index (χ1v) is 28.5. The van der Waals surface area contributed by atoms with Crippen molar-refractivity contribution >= 4 is 93.9 Å². The van der Waals surface area contributed by atoms with Crippen LogP contribution in [0.25, 0.3) is 36.5 Å². The summed E-state index contributed by atoms with van der Waals surface area (Å²) in [4.78, 5) is 60.8. The average Bonchev–Trinajstić information content (AvgIpc) is 3.48. The van der Waals surface area contributed by atoms with Crippen LogP contribution in [0, 0.1) is 81.7 Å². The van der Waals surface area contributed by atoms with E-state index >= 15 is 0 Å². The van der Waals surface area contributed by atoms with Gasteiger partial charge in [0.05, 0.1) is 78.5 Å². The van der Waals surface area contributed by atoms with Crippen LogP contribution < -0.4 is 59.1 Å². The fourth-order valence-corrected chi connectivity index (χ4v) is 5.77. The van der Waals surface area contributed by atoms with E-state index in [0.717, 1.165) is 36.5 Å². The molecule has 0 aromatic heterocycles. The van der Waals surface area contributed by atoms with E-state index in [-0.39, 0.29) is 92.6 Å². The van der Waals surface area contributed by atoms with Crippen LogP contribution in [0.5, 0.6) is 34.5 Å². The largest absolute Gasteiger partial charge is 3.00 e. The number of hydrogen-bond acceptors (Lipinski definition) is 20. The first-order valence-electron chi connectivity index (χ1n) is 24.5. The van der Waals surface area contributed by atoms with Crippen LogP contribution in [0.15, 0.2) is 182 Å². The molecule has 0 aliphatic carbocycles. The number of hydrogen-bond donors (Lipinski definition) is 0. The molecule has 0 unspecified atom stereocenters. The van der Waals surface area contributed by atoms with Gasteiger partial charge in [0.1, 0.15) is 34.5 Å². The van der Waals surface area contributed by atoms with Crippen LogP contribution in [0.3, 0.4) is 0 Å². The minimum Gasteiger partial charge on any atom is -0.545 e. The van der Waals surface area contributed by atoms with Crippen molar-refractivity contribution in [1.82, 2.24) is 0 Å². The first-order chi connectivity index (χ1) is 40.9. The summed E-state index contributed by atoms with van der Waals surface area (Å²) >= 11 is 0. The van der Waals surface area contributed by atoms with Gasteiger partial charge in [0.25, 0.3) is 0 Å². The van der Waals surface area contributed by atoms with Gasteiger partial charge in [-0.15, -0.1) is 0 Å². The molecule has 0 heterocycles. The van der Waals surface area contributed by atoms with E-state index in [1.54, 1.807) is 134 Å². The number of carboxylic acids is 6. The SMILES string of the molecule is COc1ccccc1/C=C/C(=O)[O-].COc1ccccc1/C=C/C(=O)[O-].COc1ccccc1/C=C/C(=O)[O-].COc1ccccc1/C=C/C(=O)[O-].COc1ccccc1/C=C/C(=O)[O-].COc1ccccc1/C=C/C(=O)[O-].CS(C)=O.CS(C)=O.[Nd+3].[Nd+3].[OH3+].[OH3+]. The van der Waals surface area contributed by atoms with Crippen molar-refractivity contribution in [3.8, 4) is 34.5 Å². The molecule has 0 bridgehead atoms. The Morgan fingerprint density at radius 1 is 0.278 bits per heavy atom. The molecular formula is C64H72Nd2O22S2+2. The molecule has 0 aliphatic rings. The van der Waals surface area contributed by atoms with Gasteiger partial charge in [0, 0.05) is 80.0 Å². The molecule has 6 aromatic carbocycles. The molecule has 0 saturated carbocycles. The van der Waals surface area contributed by atoms with E-state index in [1.807, 2.05) is 36.4 Å². The fraction of sp³-hybridized carbons (Fsp3) is 0.156. The molecular weight excluding hydrogens is 1470 g/mol. The van der Waals surface area contributed by atoms with Crippen molar-refractivity contribution in [3.63, 3.8) is 0 Å². The second-order valence-corrected chi connectivity index (χ2v) is 18.8. The number of carboxylic acid groups (broad SMARTS) is 6. The Balaban J connectivity index is -0.000000227. The number of rotatable bonds is 18. The summed E-state index contributed by atoms with van der Waals surface area (Å²) in [6, 6.07) is 42.8. The third-order valence-electron chi connectivity index (χ3n) is 9.23. The van der Waals surface area contributed by atoms with Gasteiger partial charge >= 0.3 is 81.7 Å². The summed E-state index contributed by atoms with van der Waals surface area (Å²) in [5, 5.41) is 60.8. The number of carbonyl (C=O) groups excluding carboxylic acids is 6. The van der Waals surface area contributed by atoms with Crippen LogP contribution in [0.4, 0.5) is 0 Å². The van der Waals surface area contributed by atoms with Crippen LogP contribution in [0.2, 0.25) is 0 Å². The van der Waals surface area contributed by atoms with Gasteiger partial charge in [0.15, 0.2) is 0 Å². The van der Waals surface area contributed by atoms with Crippen LogP contribution in [-0.2, 0) is 61.3 Å². The van der Waals surface area contributed by atoms with Gasteiger partial charge < -0.3 is 98.8 Å². The standard InChI is InChI=1S/6C10H10O3.2C2H6OS.2Nd.2H2O/c6*1-13-9-5-3-2-4-8(9)6-7-10(11)12;2*1-4(2)3;;;;/h6*2-7H,1H3,(H,11,12);2*1-2H3;;;2*1H2/q;;;;;;;;2*+3;;/p-4/b6*7-6+;;;;;;. The second-order valence-electron chi connectivity index (χ2n) is 15.8. The minimum absolute atomic E-state index is 0. The Labute approximate surface area is 594 Å². The van der Waals surface area contributed by atoms with Crippen LogP contribution in [-0.4, -0.2) is 112 Å². The molecule has 0 saturated heterocycles. The molecule has 6 N–H and O–H groups in total. The number of methoxy groups -OCH3 is 6. The molecule has 0 spiro atoms. The molecule has 0 aliphatic heterocycles. The van der Waals surface area contributed by atoms with E-state index in [9.17, 15) is 67.8 Å². The van der Waals surface area contributed by atoms with Crippen molar-refractivity contribution in [2.45, 2.75) is 0 Å². The smallest absolute Gasteiger partial charge is 0.545 e. The Hall–Kier alpha value is -7.70. The average molecular weight is 1550 g/mol. The van der Waals surface area contributed by atoms with E-state index < -0.39 is 57.4 Å². The monoisotopic (exact) mass is 1540 g/mol. The summed E-state index contributed by atoms with van der Waals surface area (Å²) in [6.45, 7) is 0. The molecule has 478 valence electrons. The first kappa shape index (κ1) is 93.4. The second kappa shape index (κ2) is 59.0. The predicted molar refractivity (Wildman–Crippen MR) is 332 cm³/mol. The van der Waals surface area contributed by atoms with Gasteiger partial charge in [-0.3, -0.25) is 8.42 Å². The van der Waals surface area contributed by atoms with Gasteiger partial charge in [-0.25, -0.2) is 0 Å². The van der Waals surface area contributed by atoms with Gasteiger partial charge in [-0.2, -0.15) is 0 Å². The Kier molecular flexibility index (Phi) is 61.2. The number of benzene rings is 6. The van der Waals surface area contributed by atoms with Crippen molar-refractivity contribution in [2.75, 3.05) is 67.7 Å². The molecule has 0 atom stereocenters. The number of aliphatic carboxylic acids is 6. The number of para-hydroxylation sites is 6. The van der Waals surface area contributed by atoms with E-state index in [0.29, 0.717) is 67.9 Å². The summed E-state index contributed by atoms with van der Waals surface area (Å²) < 4.78 is 49.2. The number of ether oxygens (including phenoxy) is 6. The maximum atomic E-state index is 10.1. The topological polar surface area (TPSA) is 396 Å². The minimum atomic E-state index is -1.22. The maximum Gasteiger partial charge on any atom is 3.00 e. The van der Waals surface area contributed by atoms with Gasteiger partial charge in [0.2, 0.25) is 0 Å². The van der Waals surface area contributed by atoms with Gasteiger partial charge in [-0.1, -0.05) is 109 Å². The Bertz CT molecular complexity index is 2720. The fourth-order valence-electron chi connectivity index (χ4n) is 5.77. The normalized spacial score (nSPS) is 9.64. The summed E-state index contributed by atoms with van der Waals surface area (Å²) in [7, 11) is 7.98. The van der Waals surface area contributed by atoms with Crippen molar-refractivity contribution in [1.29, 1.82) is 0 Å². The maximum absolute atomic E-state index is 10.1. The molecule has 6 aromatic rings. The molecule has 2 radical (unpaired) electrons. The van der Waals surface area contributed by atoms with Gasteiger partial charge in [-0.05, 0) is 109 Å². The van der Waals surface area contributed by atoms with Crippen LogP contribution >= 0.6 is 0 Å². The molecule has 0 amide bonds. The molecule has 22 nitrogen and oxygen atoms in total. The summed E-state index contributed by atoms with van der Waals surface area (Å²) in [5.41, 5.74) is 4.30. The Morgan fingerprint density at radius 3 is 0.467 bits per heavy atom. The zero-order chi connectivity index (χ0) is 65.2. The van der Waals surface area contributed by atoms with Crippen LogP contribution in [0.1, 0.15) is 33.4 Å². The third-order valence-corrected chi connectivity index (χ3v) is 9.23. The quantitative estimate of drug-likeness (QED) is 0.0852. The van der Waals surface area contributed by atoms with Crippen molar-refractivity contribution in [2.24, 2.45) is 0 Å². The molecule has 6 rings (SSSR count).